The molecule has 0 saturated heterocycles. The summed E-state index contributed by atoms with van der Waals surface area (Å²) in [6, 6.07) is 5.03. The Hall–Kier alpha value is -0.380. The monoisotopic (exact) mass is 254 g/mol. The minimum atomic E-state index is 0.659. The second-order valence-corrected chi connectivity index (χ2v) is 5.56. The predicted octanol–water partition coefficient (Wildman–Crippen LogP) is 3.35. The molecule has 1 heterocycles. The van der Waals surface area contributed by atoms with Gasteiger partial charge in [-0.2, -0.15) is 0 Å². The smallest absolute Gasteiger partial charge is 0.0330 e. The third-order valence-corrected chi connectivity index (χ3v) is 4.00. The van der Waals surface area contributed by atoms with Crippen molar-refractivity contribution in [2.24, 2.45) is 0 Å². The van der Waals surface area contributed by atoms with Crippen LogP contribution in [0.3, 0.4) is 0 Å². The highest BCUT2D eigenvalue weighted by Gasteiger charge is 2.12. The van der Waals surface area contributed by atoms with E-state index < -0.39 is 0 Å². The van der Waals surface area contributed by atoms with Gasteiger partial charge in [-0.05, 0) is 50.8 Å². The van der Waals surface area contributed by atoms with E-state index in [-0.39, 0.29) is 0 Å². The van der Waals surface area contributed by atoms with Gasteiger partial charge >= 0.3 is 0 Å². The average Bonchev–Trinajstić information content (AvgIpc) is 2.84. The van der Waals surface area contributed by atoms with Gasteiger partial charge in [0.05, 0.1) is 0 Å². The first-order valence-corrected chi connectivity index (χ1v) is 7.63. The zero-order chi connectivity index (χ0) is 12.5. The largest absolute Gasteiger partial charge is 0.317 e. The first-order valence-electron chi connectivity index (χ1n) is 6.75. The Morgan fingerprint density at radius 2 is 2.18 bits per heavy atom. The van der Waals surface area contributed by atoms with Crippen LogP contribution in [-0.2, 0) is 6.54 Å². The first kappa shape index (κ1) is 14.7. The maximum absolute atomic E-state index is 3.48. The molecule has 2 nitrogen and oxygen atoms in total. The zero-order valence-corrected chi connectivity index (χ0v) is 12.2. The lowest BCUT2D eigenvalue weighted by Gasteiger charge is -2.27. The minimum Gasteiger partial charge on any atom is -0.317 e. The molecule has 1 unspecified atom stereocenters. The average molecular weight is 254 g/mol. The highest BCUT2D eigenvalue weighted by Crippen LogP contribution is 2.14. The van der Waals surface area contributed by atoms with Gasteiger partial charge in [-0.3, -0.25) is 4.90 Å². The molecule has 1 rings (SSSR count). The molecule has 1 N–H and O–H groups in total. The van der Waals surface area contributed by atoms with E-state index in [1.54, 1.807) is 0 Å². The van der Waals surface area contributed by atoms with Gasteiger partial charge in [0.1, 0.15) is 0 Å². The van der Waals surface area contributed by atoms with Crippen LogP contribution in [-0.4, -0.2) is 30.6 Å². The molecule has 0 aliphatic rings. The molecule has 0 aliphatic heterocycles. The van der Waals surface area contributed by atoms with Crippen LogP contribution < -0.4 is 5.32 Å². The summed E-state index contributed by atoms with van der Waals surface area (Å²) in [5.74, 6) is 0. The van der Waals surface area contributed by atoms with Crippen LogP contribution >= 0.6 is 11.3 Å². The molecule has 0 fully saturated rings. The summed E-state index contributed by atoms with van der Waals surface area (Å²) in [5.41, 5.74) is 0. The van der Waals surface area contributed by atoms with Gasteiger partial charge in [-0.25, -0.2) is 0 Å². The van der Waals surface area contributed by atoms with Gasteiger partial charge < -0.3 is 5.32 Å². The lowest BCUT2D eigenvalue weighted by molar-refractivity contribution is 0.202. The summed E-state index contributed by atoms with van der Waals surface area (Å²) in [6.07, 6.45) is 2.46. The van der Waals surface area contributed by atoms with Gasteiger partial charge in [0.15, 0.2) is 0 Å². The Labute approximate surface area is 110 Å². The Balaban J connectivity index is 2.28. The van der Waals surface area contributed by atoms with Gasteiger partial charge in [0, 0.05) is 17.5 Å². The molecule has 0 aromatic carbocycles. The van der Waals surface area contributed by atoms with Gasteiger partial charge in [-0.15, -0.1) is 11.3 Å². The molecule has 98 valence electrons. The van der Waals surface area contributed by atoms with E-state index in [2.05, 4.69) is 48.5 Å². The van der Waals surface area contributed by atoms with Gasteiger partial charge in [0.25, 0.3) is 0 Å². The van der Waals surface area contributed by atoms with E-state index in [1.165, 1.54) is 17.7 Å². The SMILES string of the molecule is CCCNCCC(C)N(CC)Cc1cccs1. The highest BCUT2D eigenvalue weighted by atomic mass is 32.1. The number of thiophene rings is 1. The lowest BCUT2D eigenvalue weighted by atomic mass is 10.2. The molecule has 0 spiro atoms. The molecule has 0 amide bonds. The first-order chi connectivity index (χ1) is 8.27. The molecule has 17 heavy (non-hydrogen) atoms. The van der Waals surface area contributed by atoms with Crippen molar-refractivity contribution in [1.29, 1.82) is 0 Å². The maximum atomic E-state index is 3.48. The summed E-state index contributed by atoms with van der Waals surface area (Å²) in [5, 5.41) is 5.64. The normalized spacial score (nSPS) is 13.2. The Morgan fingerprint density at radius 1 is 1.35 bits per heavy atom. The fraction of sp³-hybridized carbons (Fsp3) is 0.714. The fourth-order valence-corrected chi connectivity index (χ4v) is 2.71. The molecule has 1 aromatic rings. The van der Waals surface area contributed by atoms with Crippen molar-refractivity contribution in [3.8, 4) is 0 Å². The van der Waals surface area contributed by atoms with Crippen molar-refractivity contribution in [2.45, 2.75) is 46.2 Å². The second kappa shape index (κ2) is 8.67. The molecule has 0 saturated carbocycles. The third kappa shape index (κ3) is 5.66. The zero-order valence-electron chi connectivity index (χ0n) is 11.4. The molecular formula is C14H26N2S. The van der Waals surface area contributed by atoms with Crippen LogP contribution in [0.25, 0.3) is 0 Å². The molecule has 0 aliphatic carbocycles. The number of nitrogens with zero attached hydrogens (tertiary/aromatic N) is 1. The van der Waals surface area contributed by atoms with Crippen LogP contribution in [0.1, 0.15) is 38.5 Å². The number of hydrogen-bond acceptors (Lipinski definition) is 3. The molecule has 1 aromatic heterocycles. The molecule has 0 bridgehead atoms. The van der Waals surface area contributed by atoms with Crippen LogP contribution in [0.15, 0.2) is 17.5 Å². The number of nitrogens with one attached hydrogen (secondary N) is 1. The van der Waals surface area contributed by atoms with Gasteiger partial charge in [0.2, 0.25) is 0 Å². The highest BCUT2D eigenvalue weighted by molar-refractivity contribution is 7.09. The van der Waals surface area contributed by atoms with E-state index in [4.69, 9.17) is 0 Å². The van der Waals surface area contributed by atoms with E-state index in [9.17, 15) is 0 Å². The quantitative estimate of drug-likeness (QED) is 0.680. The van der Waals surface area contributed by atoms with Crippen molar-refractivity contribution in [2.75, 3.05) is 19.6 Å². The minimum absolute atomic E-state index is 0.659. The van der Waals surface area contributed by atoms with Crippen LogP contribution in [0.4, 0.5) is 0 Å². The molecule has 1 atom stereocenters. The Morgan fingerprint density at radius 3 is 2.76 bits per heavy atom. The summed E-state index contributed by atoms with van der Waals surface area (Å²) >= 11 is 1.86. The fourth-order valence-electron chi connectivity index (χ4n) is 1.98. The van der Waals surface area contributed by atoms with E-state index in [0.29, 0.717) is 6.04 Å². The standard InChI is InChI=1S/C14H26N2S/c1-4-9-15-10-8-13(3)16(5-2)12-14-7-6-11-17-14/h6-7,11,13,15H,4-5,8-10,12H2,1-3H3. The summed E-state index contributed by atoms with van der Waals surface area (Å²) < 4.78 is 0. The Kier molecular flexibility index (Phi) is 7.49. The molecular weight excluding hydrogens is 228 g/mol. The molecule has 0 radical (unpaired) electrons. The summed E-state index contributed by atoms with van der Waals surface area (Å²) in [6.45, 7) is 11.3. The predicted molar refractivity (Wildman–Crippen MR) is 77.6 cm³/mol. The van der Waals surface area contributed by atoms with Crippen LogP contribution in [0.2, 0.25) is 0 Å². The molecule has 3 heteroatoms. The van der Waals surface area contributed by atoms with Crippen molar-refractivity contribution < 1.29 is 0 Å². The third-order valence-electron chi connectivity index (χ3n) is 3.13. The summed E-state index contributed by atoms with van der Waals surface area (Å²) in [4.78, 5) is 4.03. The Bertz CT molecular complexity index is 272. The second-order valence-electron chi connectivity index (χ2n) is 4.53. The summed E-state index contributed by atoms with van der Waals surface area (Å²) in [7, 11) is 0. The van der Waals surface area contributed by atoms with E-state index in [0.717, 1.165) is 26.2 Å². The van der Waals surface area contributed by atoms with E-state index >= 15 is 0 Å². The van der Waals surface area contributed by atoms with Crippen molar-refractivity contribution in [1.82, 2.24) is 10.2 Å². The maximum Gasteiger partial charge on any atom is 0.0330 e. The van der Waals surface area contributed by atoms with E-state index in [1.807, 2.05) is 11.3 Å². The topological polar surface area (TPSA) is 15.3 Å². The van der Waals surface area contributed by atoms with Crippen LogP contribution in [0, 0.1) is 0 Å². The van der Waals surface area contributed by atoms with Crippen LogP contribution in [0.5, 0.6) is 0 Å². The van der Waals surface area contributed by atoms with Crippen molar-refractivity contribution in [3.63, 3.8) is 0 Å². The van der Waals surface area contributed by atoms with Crippen molar-refractivity contribution >= 4 is 11.3 Å². The number of rotatable bonds is 9. The van der Waals surface area contributed by atoms with Gasteiger partial charge in [-0.1, -0.05) is 19.9 Å². The number of hydrogen-bond donors (Lipinski definition) is 1. The van der Waals surface area contributed by atoms with Crippen molar-refractivity contribution in [3.05, 3.63) is 22.4 Å². The lowest BCUT2D eigenvalue weighted by Crippen LogP contribution is -2.34.